The minimum Gasteiger partial charge on any atom is -0.497 e. The van der Waals surface area contributed by atoms with Gasteiger partial charge < -0.3 is 25.0 Å². The molecule has 3 aliphatic heterocycles. The average molecular weight is 541 g/mol. The first-order valence-corrected chi connectivity index (χ1v) is 14.2. The van der Waals surface area contributed by atoms with Crippen molar-refractivity contribution in [2.24, 2.45) is 11.8 Å². The summed E-state index contributed by atoms with van der Waals surface area (Å²) in [5.74, 6) is 4.18. The van der Waals surface area contributed by atoms with Crippen LogP contribution in [-0.2, 0) is 17.8 Å². The predicted octanol–water partition coefficient (Wildman–Crippen LogP) is 2.90. The lowest BCUT2D eigenvalue weighted by molar-refractivity contribution is 0.122. The number of anilines is 2. The van der Waals surface area contributed by atoms with Crippen molar-refractivity contribution in [3.05, 3.63) is 66.1 Å². The summed E-state index contributed by atoms with van der Waals surface area (Å²) in [6.45, 7) is 9.21. The number of nitrogens with zero attached hydrogens (tertiary/aromatic N) is 6. The van der Waals surface area contributed by atoms with Gasteiger partial charge in [0.15, 0.2) is 5.82 Å². The number of nitrogens with one attached hydrogen (secondary N) is 2. The molecular weight excluding hydrogens is 504 g/mol. The molecule has 0 amide bonds. The quantitative estimate of drug-likeness (QED) is 0.350. The fourth-order valence-corrected chi connectivity index (χ4v) is 6.15. The maximum Gasteiger partial charge on any atom is 0.155 e. The highest BCUT2D eigenvalue weighted by molar-refractivity contribution is 5.73. The molecule has 4 aromatic rings. The Morgan fingerprint density at radius 2 is 1.85 bits per heavy atom. The molecule has 40 heavy (non-hydrogen) atoms. The van der Waals surface area contributed by atoms with Gasteiger partial charge in [-0.25, -0.2) is 14.5 Å². The highest BCUT2D eigenvalue weighted by Crippen LogP contribution is 2.30. The van der Waals surface area contributed by atoms with Crippen molar-refractivity contribution in [1.29, 1.82) is 0 Å². The van der Waals surface area contributed by atoms with Crippen molar-refractivity contribution in [3.63, 3.8) is 0 Å². The molecule has 0 bridgehead atoms. The molecule has 10 heteroatoms. The summed E-state index contributed by atoms with van der Waals surface area (Å²) in [6, 6.07) is 14.3. The second kappa shape index (κ2) is 11.0. The lowest BCUT2D eigenvalue weighted by Crippen LogP contribution is -2.37. The summed E-state index contributed by atoms with van der Waals surface area (Å²) in [5.41, 5.74) is 5.13. The normalized spacial score (nSPS) is 21.2. The maximum atomic E-state index is 5.63. The van der Waals surface area contributed by atoms with Gasteiger partial charge in [-0.05, 0) is 60.8 Å². The molecule has 3 aromatic heterocycles. The Bertz CT molecular complexity index is 1440. The number of hydrogen-bond acceptors (Lipinski definition) is 9. The summed E-state index contributed by atoms with van der Waals surface area (Å²) in [4.78, 5) is 14.7. The molecule has 0 spiro atoms. The van der Waals surface area contributed by atoms with E-state index in [2.05, 4.69) is 49.7 Å². The smallest absolute Gasteiger partial charge is 0.155 e. The molecular formula is C30H36N8O2. The molecule has 7 rings (SSSR count). The molecule has 0 unspecified atom stereocenters. The number of hydrogen-bond donors (Lipinski definition) is 2. The average Bonchev–Trinajstić information content (AvgIpc) is 3.72. The van der Waals surface area contributed by atoms with Crippen LogP contribution in [0.25, 0.3) is 16.8 Å². The molecule has 0 radical (unpaired) electrons. The number of morpholine rings is 1. The van der Waals surface area contributed by atoms with Gasteiger partial charge in [0.25, 0.3) is 0 Å². The minimum absolute atomic E-state index is 0.687. The van der Waals surface area contributed by atoms with Gasteiger partial charge >= 0.3 is 0 Å². The molecule has 10 nitrogen and oxygen atoms in total. The Morgan fingerprint density at radius 1 is 1.05 bits per heavy atom. The fourth-order valence-electron chi connectivity index (χ4n) is 6.15. The molecule has 3 fully saturated rings. The predicted molar refractivity (Wildman–Crippen MR) is 155 cm³/mol. The molecule has 2 atom stereocenters. The Balaban J connectivity index is 1.12. The van der Waals surface area contributed by atoms with E-state index in [0.717, 1.165) is 103 Å². The van der Waals surface area contributed by atoms with Crippen LogP contribution in [0.15, 0.2) is 54.9 Å². The molecule has 3 aliphatic rings. The van der Waals surface area contributed by atoms with E-state index < -0.39 is 0 Å². The maximum absolute atomic E-state index is 5.63. The van der Waals surface area contributed by atoms with E-state index in [0.29, 0.717) is 19.8 Å². The van der Waals surface area contributed by atoms with Crippen molar-refractivity contribution < 1.29 is 9.47 Å². The highest BCUT2D eigenvalue weighted by Gasteiger charge is 2.36. The number of fused-ring (bicyclic) bond motifs is 2. The summed E-state index contributed by atoms with van der Waals surface area (Å²) in [5, 5.41) is 12.0. The van der Waals surface area contributed by atoms with Crippen molar-refractivity contribution >= 4 is 17.2 Å². The molecule has 1 aromatic carbocycles. The molecule has 0 saturated carbocycles. The Kier molecular flexibility index (Phi) is 6.97. The van der Waals surface area contributed by atoms with Crippen LogP contribution >= 0.6 is 0 Å². The standard InChI is InChI=1S/C30H36N8O2/c1-39-26-5-2-21(3-6-26)13-32-29-7-4-22(16-33-29)27-20-38-28(30(34-27)37-8-10-40-11-9-37)12-25(35-38)19-36-17-23-14-31-15-24(23)18-36/h2-7,12,16,20,23-24,31H,8-11,13-15,17-19H2,1H3,(H,32,33)/t23-,24+. The van der Waals surface area contributed by atoms with Gasteiger partial charge in [-0.1, -0.05) is 12.1 Å². The number of benzene rings is 1. The van der Waals surface area contributed by atoms with E-state index in [4.69, 9.17) is 19.6 Å². The Morgan fingerprint density at radius 3 is 2.58 bits per heavy atom. The number of rotatable bonds is 8. The molecule has 208 valence electrons. The fraction of sp³-hybridized carbons (Fsp3) is 0.433. The second-order valence-electron chi connectivity index (χ2n) is 11.0. The zero-order valence-corrected chi connectivity index (χ0v) is 22.9. The summed E-state index contributed by atoms with van der Waals surface area (Å²) in [7, 11) is 1.68. The van der Waals surface area contributed by atoms with Crippen molar-refractivity contribution in [1.82, 2.24) is 29.8 Å². The monoisotopic (exact) mass is 540 g/mol. The number of pyridine rings is 1. The van der Waals surface area contributed by atoms with E-state index in [1.165, 1.54) is 0 Å². The van der Waals surface area contributed by atoms with Crippen molar-refractivity contribution in [3.8, 4) is 17.0 Å². The first kappa shape index (κ1) is 25.3. The Labute approximate surface area is 234 Å². The van der Waals surface area contributed by atoms with Crippen LogP contribution in [0.4, 0.5) is 11.6 Å². The van der Waals surface area contributed by atoms with Crippen molar-refractivity contribution in [2.75, 3.05) is 69.8 Å². The summed E-state index contributed by atoms with van der Waals surface area (Å²) < 4.78 is 12.9. The topological polar surface area (TPSA) is 92.1 Å². The van der Waals surface area contributed by atoms with Crippen LogP contribution in [0.1, 0.15) is 11.3 Å². The number of ether oxygens (including phenoxy) is 2. The first-order chi connectivity index (χ1) is 19.7. The summed E-state index contributed by atoms with van der Waals surface area (Å²) in [6.07, 6.45) is 3.92. The van der Waals surface area contributed by atoms with E-state index in [1.54, 1.807) is 7.11 Å². The van der Waals surface area contributed by atoms with E-state index in [9.17, 15) is 0 Å². The second-order valence-corrected chi connectivity index (χ2v) is 11.0. The van der Waals surface area contributed by atoms with Gasteiger partial charge in [-0.15, -0.1) is 0 Å². The minimum atomic E-state index is 0.687. The lowest BCUT2D eigenvalue weighted by atomic mass is 10.0. The number of likely N-dealkylation sites (tertiary alicyclic amines) is 1. The molecule has 2 N–H and O–H groups in total. The number of aromatic nitrogens is 4. The molecule has 3 saturated heterocycles. The highest BCUT2D eigenvalue weighted by atomic mass is 16.5. The van der Waals surface area contributed by atoms with E-state index in [1.807, 2.05) is 35.1 Å². The van der Waals surface area contributed by atoms with E-state index >= 15 is 0 Å². The third-order valence-electron chi connectivity index (χ3n) is 8.34. The zero-order valence-electron chi connectivity index (χ0n) is 22.9. The van der Waals surface area contributed by atoms with Crippen LogP contribution < -0.4 is 20.3 Å². The van der Waals surface area contributed by atoms with Gasteiger partial charge in [-0.3, -0.25) is 4.90 Å². The molecule has 6 heterocycles. The van der Waals surface area contributed by atoms with Crippen molar-refractivity contribution in [2.45, 2.75) is 13.1 Å². The SMILES string of the molecule is COc1ccc(CNc2ccc(-c3cn4nc(CN5C[C@H]6CNC[C@H]6C5)cc4c(N4CCOCC4)n3)cn2)cc1. The summed E-state index contributed by atoms with van der Waals surface area (Å²) >= 11 is 0. The molecule has 0 aliphatic carbocycles. The third kappa shape index (κ3) is 5.22. The third-order valence-corrected chi connectivity index (χ3v) is 8.34. The lowest BCUT2D eigenvalue weighted by Gasteiger charge is -2.28. The van der Waals surface area contributed by atoms with Gasteiger partial charge in [-0.2, -0.15) is 5.10 Å². The van der Waals surface area contributed by atoms with Gasteiger partial charge in [0.05, 0.1) is 37.9 Å². The number of methoxy groups -OCH3 is 1. The van der Waals surface area contributed by atoms with Crippen LogP contribution in [0.5, 0.6) is 5.75 Å². The van der Waals surface area contributed by atoms with Crippen LogP contribution in [-0.4, -0.2) is 84.1 Å². The van der Waals surface area contributed by atoms with Gasteiger partial charge in [0, 0.05) is 51.0 Å². The first-order valence-electron chi connectivity index (χ1n) is 14.2. The van der Waals surface area contributed by atoms with Crippen LogP contribution in [0, 0.1) is 11.8 Å². The Hall–Kier alpha value is -3.73. The van der Waals surface area contributed by atoms with Crippen LogP contribution in [0.3, 0.4) is 0 Å². The zero-order chi connectivity index (χ0) is 26.9. The van der Waals surface area contributed by atoms with E-state index in [-0.39, 0.29) is 0 Å². The van der Waals surface area contributed by atoms with Gasteiger partial charge in [0.2, 0.25) is 0 Å². The van der Waals surface area contributed by atoms with Crippen LogP contribution in [0.2, 0.25) is 0 Å². The van der Waals surface area contributed by atoms with Gasteiger partial charge in [0.1, 0.15) is 17.1 Å². The largest absolute Gasteiger partial charge is 0.497 e.